The minimum atomic E-state index is 0.138. The van der Waals surface area contributed by atoms with Crippen LogP contribution < -0.4 is 5.32 Å². The van der Waals surface area contributed by atoms with Gasteiger partial charge in [0.05, 0.1) is 17.8 Å². The fourth-order valence-corrected chi connectivity index (χ4v) is 5.44. The Hall–Kier alpha value is -1.46. The number of rotatable bonds is 3. The molecule has 2 aliphatic rings. The molecule has 1 saturated heterocycles. The molecular formula is C19H23N3S2. The van der Waals surface area contributed by atoms with E-state index in [-0.39, 0.29) is 12.1 Å². The molecule has 1 aliphatic heterocycles. The molecule has 1 saturated carbocycles. The molecule has 0 unspecified atom stereocenters. The quantitative estimate of drug-likeness (QED) is 0.802. The van der Waals surface area contributed by atoms with Gasteiger partial charge >= 0.3 is 0 Å². The van der Waals surface area contributed by atoms with Crippen LogP contribution in [0.3, 0.4) is 0 Å². The number of nitrogens with one attached hydrogen (secondary N) is 1. The van der Waals surface area contributed by atoms with Gasteiger partial charge in [-0.2, -0.15) is 0 Å². The summed E-state index contributed by atoms with van der Waals surface area (Å²) >= 11 is 7.66. The normalized spacial score (nSPS) is 25.0. The first-order chi connectivity index (χ1) is 11.7. The van der Waals surface area contributed by atoms with Crippen molar-refractivity contribution in [2.75, 3.05) is 0 Å². The molecule has 0 amide bonds. The van der Waals surface area contributed by atoms with Crippen LogP contribution in [0.15, 0.2) is 36.5 Å². The van der Waals surface area contributed by atoms with E-state index >= 15 is 0 Å². The van der Waals surface area contributed by atoms with Crippen LogP contribution in [0.1, 0.15) is 59.6 Å². The van der Waals surface area contributed by atoms with Gasteiger partial charge in [0.25, 0.3) is 0 Å². The van der Waals surface area contributed by atoms with Gasteiger partial charge in [-0.25, -0.2) is 0 Å². The van der Waals surface area contributed by atoms with Crippen LogP contribution in [0.5, 0.6) is 0 Å². The standard InChI is InChI=1S/C19H23N3S2/c1-13-10-11-16(24-13)18-17(15-9-5-6-12-20-15)21-19(23)22(18)14-7-3-2-4-8-14/h5-6,9-12,14,17-18H,2-4,7-8H2,1H3,(H,21,23)/t17-,18+/m1/s1. The van der Waals surface area contributed by atoms with Crippen molar-refractivity contribution >= 4 is 28.7 Å². The smallest absolute Gasteiger partial charge is 0.170 e. The van der Waals surface area contributed by atoms with Gasteiger partial charge in [-0.05, 0) is 56.2 Å². The van der Waals surface area contributed by atoms with Gasteiger partial charge in [-0.15, -0.1) is 11.3 Å². The van der Waals surface area contributed by atoms with E-state index in [0.717, 1.165) is 10.8 Å². The van der Waals surface area contributed by atoms with Gasteiger partial charge in [0.2, 0.25) is 0 Å². The Morgan fingerprint density at radius 2 is 2.00 bits per heavy atom. The summed E-state index contributed by atoms with van der Waals surface area (Å²) < 4.78 is 0. The van der Waals surface area contributed by atoms with E-state index in [2.05, 4.69) is 46.4 Å². The zero-order valence-electron chi connectivity index (χ0n) is 13.9. The molecule has 5 heteroatoms. The highest BCUT2D eigenvalue weighted by molar-refractivity contribution is 7.80. The second-order valence-corrected chi connectivity index (χ2v) is 8.48. The van der Waals surface area contributed by atoms with Gasteiger partial charge in [0.1, 0.15) is 0 Å². The molecule has 2 fully saturated rings. The number of thiocarbonyl (C=S) groups is 1. The molecule has 3 nitrogen and oxygen atoms in total. The number of aromatic nitrogens is 1. The van der Waals surface area contributed by atoms with Gasteiger partial charge in [0.15, 0.2) is 5.11 Å². The second kappa shape index (κ2) is 6.81. The summed E-state index contributed by atoms with van der Waals surface area (Å²) in [5.74, 6) is 0. The monoisotopic (exact) mass is 357 g/mol. The summed E-state index contributed by atoms with van der Waals surface area (Å²) in [4.78, 5) is 9.84. The zero-order valence-corrected chi connectivity index (χ0v) is 15.6. The van der Waals surface area contributed by atoms with Crippen molar-refractivity contribution in [3.8, 4) is 0 Å². The first kappa shape index (κ1) is 16.0. The summed E-state index contributed by atoms with van der Waals surface area (Å²) in [7, 11) is 0. The molecule has 0 aromatic carbocycles. The van der Waals surface area contributed by atoms with E-state index in [9.17, 15) is 0 Å². The molecule has 2 aromatic rings. The Morgan fingerprint density at radius 3 is 2.67 bits per heavy atom. The van der Waals surface area contributed by atoms with E-state index in [0.29, 0.717) is 6.04 Å². The second-order valence-electron chi connectivity index (χ2n) is 6.77. The Morgan fingerprint density at radius 1 is 1.17 bits per heavy atom. The highest BCUT2D eigenvalue weighted by atomic mass is 32.1. The lowest BCUT2D eigenvalue weighted by atomic mass is 9.92. The maximum Gasteiger partial charge on any atom is 0.170 e. The molecule has 2 aromatic heterocycles. The minimum absolute atomic E-state index is 0.138. The summed E-state index contributed by atoms with van der Waals surface area (Å²) in [6.45, 7) is 2.18. The van der Waals surface area contributed by atoms with Crippen molar-refractivity contribution in [1.82, 2.24) is 15.2 Å². The lowest BCUT2D eigenvalue weighted by molar-refractivity contribution is 0.199. The van der Waals surface area contributed by atoms with E-state index in [1.807, 2.05) is 23.6 Å². The van der Waals surface area contributed by atoms with Crippen LogP contribution in [-0.4, -0.2) is 21.0 Å². The third kappa shape index (κ3) is 2.95. The number of hydrogen-bond acceptors (Lipinski definition) is 3. The molecule has 126 valence electrons. The number of thiophene rings is 1. The molecule has 4 rings (SSSR count). The van der Waals surface area contributed by atoms with Crippen molar-refractivity contribution in [1.29, 1.82) is 0 Å². The Labute approximate surface area is 153 Å². The number of hydrogen-bond donors (Lipinski definition) is 1. The Balaban J connectivity index is 1.73. The van der Waals surface area contributed by atoms with Crippen LogP contribution in [0, 0.1) is 6.92 Å². The average Bonchev–Trinajstić information content (AvgIpc) is 3.19. The third-order valence-corrected chi connectivity index (χ3v) is 6.56. The van der Waals surface area contributed by atoms with Crippen LogP contribution in [0.25, 0.3) is 0 Å². The lowest BCUT2D eigenvalue weighted by Gasteiger charge is -2.36. The number of nitrogens with zero attached hydrogens (tertiary/aromatic N) is 2. The molecule has 0 radical (unpaired) electrons. The fraction of sp³-hybridized carbons (Fsp3) is 0.474. The van der Waals surface area contributed by atoms with Gasteiger partial charge in [-0.1, -0.05) is 25.3 Å². The molecule has 0 bridgehead atoms. The van der Waals surface area contributed by atoms with Crippen molar-refractivity contribution in [2.45, 2.75) is 57.2 Å². The summed E-state index contributed by atoms with van der Waals surface area (Å²) in [5.41, 5.74) is 1.08. The first-order valence-corrected chi connectivity index (χ1v) is 10.0. The third-order valence-electron chi connectivity index (χ3n) is 5.16. The van der Waals surface area contributed by atoms with E-state index in [1.54, 1.807) is 0 Å². The van der Waals surface area contributed by atoms with E-state index in [1.165, 1.54) is 41.9 Å². The molecule has 0 spiro atoms. The predicted molar refractivity (Wildman–Crippen MR) is 103 cm³/mol. The van der Waals surface area contributed by atoms with Crippen molar-refractivity contribution < 1.29 is 0 Å². The van der Waals surface area contributed by atoms with E-state index < -0.39 is 0 Å². The molecular weight excluding hydrogens is 334 g/mol. The van der Waals surface area contributed by atoms with Gasteiger partial charge < -0.3 is 10.2 Å². The molecule has 3 heterocycles. The average molecular weight is 358 g/mol. The lowest BCUT2D eigenvalue weighted by Crippen LogP contribution is -2.40. The predicted octanol–water partition coefficient (Wildman–Crippen LogP) is 4.76. The topological polar surface area (TPSA) is 28.2 Å². The SMILES string of the molecule is Cc1ccc([C@H]2[C@@H](c3ccccn3)NC(=S)N2C2CCCCC2)s1. The first-order valence-electron chi connectivity index (χ1n) is 8.80. The van der Waals surface area contributed by atoms with Crippen molar-refractivity contribution in [3.63, 3.8) is 0 Å². The fourth-order valence-electron chi connectivity index (χ4n) is 4.03. The minimum Gasteiger partial charge on any atom is -0.352 e. The van der Waals surface area contributed by atoms with Gasteiger partial charge in [0, 0.05) is 22.0 Å². The Kier molecular flexibility index (Phi) is 4.55. The van der Waals surface area contributed by atoms with E-state index in [4.69, 9.17) is 12.2 Å². The van der Waals surface area contributed by atoms with Crippen molar-refractivity contribution in [2.24, 2.45) is 0 Å². The van der Waals surface area contributed by atoms with Crippen LogP contribution in [0.4, 0.5) is 0 Å². The zero-order chi connectivity index (χ0) is 16.5. The molecule has 1 aliphatic carbocycles. The molecule has 2 atom stereocenters. The van der Waals surface area contributed by atoms with Crippen molar-refractivity contribution in [3.05, 3.63) is 52.0 Å². The Bertz CT molecular complexity index is 706. The van der Waals surface area contributed by atoms with Crippen LogP contribution in [0.2, 0.25) is 0 Å². The largest absolute Gasteiger partial charge is 0.352 e. The van der Waals surface area contributed by atoms with Crippen LogP contribution in [-0.2, 0) is 0 Å². The van der Waals surface area contributed by atoms with Crippen LogP contribution >= 0.6 is 23.6 Å². The summed E-state index contributed by atoms with van der Waals surface area (Å²) in [6, 6.07) is 11.6. The number of aryl methyl sites for hydroxylation is 1. The maximum absolute atomic E-state index is 5.77. The molecule has 1 N–H and O–H groups in total. The highest BCUT2D eigenvalue weighted by Gasteiger charge is 2.43. The maximum atomic E-state index is 5.77. The molecule has 24 heavy (non-hydrogen) atoms. The highest BCUT2D eigenvalue weighted by Crippen LogP contribution is 2.44. The number of pyridine rings is 1. The summed E-state index contributed by atoms with van der Waals surface area (Å²) in [5, 5.41) is 4.47. The summed E-state index contributed by atoms with van der Waals surface area (Å²) in [6.07, 6.45) is 8.36. The van der Waals surface area contributed by atoms with Gasteiger partial charge in [-0.3, -0.25) is 4.98 Å².